The predicted octanol–water partition coefficient (Wildman–Crippen LogP) is 5.42. The van der Waals surface area contributed by atoms with E-state index in [0.29, 0.717) is 39.5 Å². The lowest BCUT2D eigenvalue weighted by Crippen LogP contribution is -2.13. The normalized spacial score (nSPS) is 12.0. The Balaban J connectivity index is 1.87. The molecule has 0 radical (unpaired) electrons. The van der Waals surface area contributed by atoms with Gasteiger partial charge in [0.25, 0.3) is 0 Å². The highest BCUT2D eigenvalue weighted by Gasteiger charge is 2.20. The van der Waals surface area contributed by atoms with Crippen molar-refractivity contribution in [3.05, 3.63) is 70.1 Å². The van der Waals surface area contributed by atoms with Crippen molar-refractivity contribution in [2.24, 2.45) is 0 Å². The minimum absolute atomic E-state index is 0.0134. The number of terminal acetylenes is 1. The summed E-state index contributed by atoms with van der Waals surface area (Å²) in [5, 5.41) is 1.95. The molecule has 0 aliphatic carbocycles. The Kier molecular flexibility index (Phi) is 5.57. The molecule has 0 amide bonds. The second-order valence-corrected chi connectivity index (χ2v) is 9.76. The molecule has 5 rings (SSSR count). The number of rotatable bonds is 5. The Morgan fingerprint density at radius 3 is 2.61 bits per heavy atom. The van der Waals surface area contributed by atoms with Gasteiger partial charge in [-0.05, 0) is 61.7 Å². The Labute approximate surface area is 207 Å². The number of hydrogen-bond donors (Lipinski definition) is 1. The fourth-order valence-electron chi connectivity index (χ4n) is 4.78. The summed E-state index contributed by atoms with van der Waals surface area (Å²) in [6.45, 7) is 6.01. The van der Waals surface area contributed by atoms with Crippen LogP contribution >= 0.6 is 0 Å². The van der Waals surface area contributed by atoms with Gasteiger partial charge in [0.1, 0.15) is 5.65 Å². The molecule has 0 saturated carbocycles. The molecular weight excluding hydrogens is 481 g/mol. The average molecular weight is 504 g/mol. The minimum Gasteiger partial charge on any atom is -0.357 e. The summed E-state index contributed by atoms with van der Waals surface area (Å²) in [7, 11) is -5.19. The van der Waals surface area contributed by atoms with Crippen LogP contribution in [0.25, 0.3) is 44.0 Å². The quantitative estimate of drug-likeness (QED) is 0.255. The summed E-state index contributed by atoms with van der Waals surface area (Å²) in [4.78, 5) is 21.2. The number of nitrogens with zero attached hydrogens (tertiary/aromatic N) is 2. The largest absolute Gasteiger partial charge is 0.488 e. The van der Waals surface area contributed by atoms with E-state index in [2.05, 4.69) is 24.6 Å². The maximum absolute atomic E-state index is 13.8. The average Bonchev–Trinajstić information content (AvgIpc) is 3.20. The first kappa shape index (κ1) is 23.6. The SMILES string of the molecule is C#Cc1ccc2c(c1)[nH]c1c2c(=O)c2cc(CC)c(-c3cncc(OS(=O)(=O)F)c3)cc2n1C(C)C. The molecule has 9 heteroatoms. The molecule has 3 aromatic heterocycles. The summed E-state index contributed by atoms with van der Waals surface area (Å²) in [6.07, 6.45) is 8.83. The number of aromatic nitrogens is 3. The molecule has 36 heavy (non-hydrogen) atoms. The van der Waals surface area contributed by atoms with Crippen LogP contribution < -0.4 is 9.61 Å². The van der Waals surface area contributed by atoms with Crippen LogP contribution in [0.4, 0.5) is 3.89 Å². The van der Waals surface area contributed by atoms with Gasteiger partial charge in [0, 0.05) is 39.7 Å². The number of fused-ring (bicyclic) bond motifs is 4. The van der Waals surface area contributed by atoms with E-state index in [0.717, 1.165) is 28.2 Å². The van der Waals surface area contributed by atoms with Gasteiger partial charge in [-0.2, -0.15) is 8.42 Å². The molecule has 2 aromatic carbocycles. The highest BCUT2D eigenvalue weighted by atomic mass is 32.3. The highest BCUT2D eigenvalue weighted by molar-refractivity contribution is 7.81. The van der Waals surface area contributed by atoms with Gasteiger partial charge < -0.3 is 13.7 Å². The molecule has 0 aliphatic heterocycles. The minimum atomic E-state index is -5.19. The Bertz CT molecular complexity index is 1900. The Hall–Kier alpha value is -4.16. The van der Waals surface area contributed by atoms with Crippen LogP contribution in [0.2, 0.25) is 0 Å². The van der Waals surface area contributed by atoms with Crippen LogP contribution in [0.3, 0.4) is 0 Å². The lowest BCUT2D eigenvalue weighted by molar-refractivity contribution is 0.439. The third kappa shape index (κ3) is 3.89. The molecular formula is C27H22FN3O4S. The number of benzene rings is 2. The van der Waals surface area contributed by atoms with Crippen molar-refractivity contribution < 1.29 is 16.5 Å². The molecule has 7 nitrogen and oxygen atoms in total. The molecule has 0 fully saturated rings. The summed E-state index contributed by atoms with van der Waals surface area (Å²) in [6, 6.07) is 10.7. The molecule has 0 bridgehead atoms. The molecule has 0 saturated heterocycles. The van der Waals surface area contributed by atoms with Crippen molar-refractivity contribution in [1.29, 1.82) is 0 Å². The maximum atomic E-state index is 13.8. The van der Waals surface area contributed by atoms with Crippen molar-refractivity contribution in [2.75, 3.05) is 0 Å². The van der Waals surface area contributed by atoms with Gasteiger partial charge in [0.2, 0.25) is 0 Å². The fourth-order valence-corrected chi connectivity index (χ4v) is 5.10. The van der Waals surface area contributed by atoms with Crippen molar-refractivity contribution in [2.45, 2.75) is 33.2 Å². The molecule has 3 heterocycles. The first-order valence-corrected chi connectivity index (χ1v) is 12.6. The monoisotopic (exact) mass is 503 g/mol. The topological polar surface area (TPSA) is 94.1 Å². The Morgan fingerprint density at radius 1 is 1.17 bits per heavy atom. The van der Waals surface area contributed by atoms with Crippen molar-refractivity contribution in [3.63, 3.8) is 0 Å². The molecule has 0 atom stereocenters. The molecule has 0 unspecified atom stereocenters. The second-order valence-electron chi connectivity index (χ2n) is 8.81. The molecule has 5 aromatic rings. The summed E-state index contributed by atoms with van der Waals surface area (Å²) >= 11 is 0. The number of hydrogen-bond acceptors (Lipinski definition) is 5. The number of aryl methyl sites for hydroxylation is 1. The molecule has 1 N–H and O–H groups in total. The zero-order valence-electron chi connectivity index (χ0n) is 19.8. The van der Waals surface area contributed by atoms with E-state index in [1.807, 2.05) is 51.1 Å². The van der Waals surface area contributed by atoms with Crippen LogP contribution in [0, 0.1) is 12.3 Å². The van der Waals surface area contributed by atoms with Gasteiger partial charge in [-0.25, -0.2) is 0 Å². The number of nitrogens with one attached hydrogen (secondary N) is 1. The number of H-pyrrole nitrogens is 1. The fraction of sp³-hybridized carbons (Fsp3) is 0.185. The first-order chi connectivity index (χ1) is 17.1. The Morgan fingerprint density at radius 2 is 1.94 bits per heavy atom. The summed E-state index contributed by atoms with van der Waals surface area (Å²) in [5.74, 6) is 2.38. The first-order valence-electron chi connectivity index (χ1n) is 11.3. The van der Waals surface area contributed by atoms with Crippen LogP contribution in [0.15, 0.2) is 53.6 Å². The van der Waals surface area contributed by atoms with E-state index in [9.17, 15) is 17.1 Å². The summed E-state index contributed by atoms with van der Waals surface area (Å²) in [5.41, 5.74) is 4.89. The summed E-state index contributed by atoms with van der Waals surface area (Å²) < 4.78 is 41.5. The molecule has 0 spiro atoms. The standard InChI is InChI=1S/C27H22FN3O4S/c1-5-16-7-8-20-23(9-16)30-27-25(20)26(32)22-11-17(6-2)21(12-24(22)31(27)15(3)4)18-10-19(14-29-13-18)35-36(28,33)34/h1,7-15,30H,6H2,2-4H3. The van der Waals surface area contributed by atoms with E-state index >= 15 is 0 Å². The van der Waals surface area contributed by atoms with E-state index in [-0.39, 0.29) is 17.2 Å². The van der Waals surface area contributed by atoms with E-state index in [1.54, 1.807) is 6.20 Å². The van der Waals surface area contributed by atoms with Crippen LogP contribution in [0.5, 0.6) is 5.75 Å². The molecule has 0 aliphatic rings. The smallest absolute Gasteiger partial charge is 0.357 e. The number of halogens is 1. The van der Waals surface area contributed by atoms with E-state index < -0.39 is 10.5 Å². The van der Waals surface area contributed by atoms with Gasteiger partial charge in [0.15, 0.2) is 11.2 Å². The van der Waals surface area contributed by atoms with Gasteiger partial charge in [-0.3, -0.25) is 9.78 Å². The van der Waals surface area contributed by atoms with E-state index in [4.69, 9.17) is 6.42 Å². The third-order valence-corrected chi connectivity index (χ3v) is 6.65. The van der Waals surface area contributed by atoms with Crippen LogP contribution in [-0.4, -0.2) is 23.0 Å². The van der Waals surface area contributed by atoms with Crippen LogP contribution in [-0.2, 0) is 16.9 Å². The van der Waals surface area contributed by atoms with Crippen LogP contribution in [0.1, 0.15) is 37.9 Å². The maximum Gasteiger partial charge on any atom is 0.488 e. The zero-order valence-corrected chi connectivity index (χ0v) is 20.6. The lowest BCUT2D eigenvalue weighted by atomic mass is 9.95. The predicted molar refractivity (Wildman–Crippen MR) is 139 cm³/mol. The van der Waals surface area contributed by atoms with Gasteiger partial charge in [0.05, 0.1) is 17.1 Å². The van der Waals surface area contributed by atoms with Gasteiger partial charge >= 0.3 is 10.5 Å². The van der Waals surface area contributed by atoms with Crippen molar-refractivity contribution in [3.8, 4) is 29.2 Å². The highest BCUT2D eigenvalue weighted by Crippen LogP contribution is 2.34. The number of aromatic amines is 1. The van der Waals surface area contributed by atoms with Crippen molar-refractivity contribution in [1.82, 2.24) is 14.5 Å². The zero-order chi connectivity index (χ0) is 25.8. The molecule has 182 valence electrons. The van der Waals surface area contributed by atoms with Crippen molar-refractivity contribution >= 4 is 43.3 Å². The number of pyridine rings is 2. The van der Waals surface area contributed by atoms with Gasteiger partial charge in [-0.15, -0.1) is 6.42 Å². The van der Waals surface area contributed by atoms with Gasteiger partial charge in [-0.1, -0.05) is 22.8 Å². The lowest BCUT2D eigenvalue weighted by Gasteiger charge is -2.19. The van der Waals surface area contributed by atoms with E-state index in [1.165, 1.54) is 6.07 Å². The second kappa shape index (κ2) is 8.50. The third-order valence-electron chi connectivity index (χ3n) is 6.26.